The molecule has 0 radical (unpaired) electrons. The Bertz CT molecular complexity index is 944. The Morgan fingerprint density at radius 2 is 0.786 bits per heavy atom. The molecule has 138 valence electrons. The average molecular weight is 368 g/mol. The summed E-state index contributed by atoms with van der Waals surface area (Å²) in [6.45, 7) is 2.06. The third kappa shape index (κ3) is 4.33. The zero-order valence-electron chi connectivity index (χ0n) is 15.5. The van der Waals surface area contributed by atoms with E-state index in [1.165, 1.54) is 5.56 Å². The highest BCUT2D eigenvalue weighted by Crippen LogP contribution is 2.29. The maximum absolute atomic E-state index is 9.33. The number of phenolic OH excluding ortho intramolecular Hbond substituents is 1. The molecule has 4 aromatic carbocycles. The van der Waals surface area contributed by atoms with E-state index in [1.54, 1.807) is 24.3 Å². The van der Waals surface area contributed by atoms with Gasteiger partial charge in [0.1, 0.15) is 28.7 Å². The Labute approximate surface area is 164 Å². The third-order valence-corrected chi connectivity index (χ3v) is 4.37. The molecule has 4 aromatic rings. The van der Waals surface area contributed by atoms with Crippen molar-refractivity contribution in [2.75, 3.05) is 0 Å². The highest BCUT2D eigenvalue weighted by Gasteiger charge is 2.02. The Balaban J connectivity index is 1.43. The van der Waals surface area contributed by atoms with Crippen LogP contribution < -0.4 is 9.47 Å². The van der Waals surface area contributed by atoms with Gasteiger partial charge in [0, 0.05) is 0 Å². The number of aromatic hydroxyl groups is 1. The summed E-state index contributed by atoms with van der Waals surface area (Å²) < 4.78 is 11.7. The lowest BCUT2D eigenvalue weighted by Gasteiger charge is -2.09. The summed E-state index contributed by atoms with van der Waals surface area (Å²) >= 11 is 0. The predicted molar refractivity (Wildman–Crippen MR) is 111 cm³/mol. The maximum Gasteiger partial charge on any atom is 0.127 e. The van der Waals surface area contributed by atoms with Crippen molar-refractivity contribution in [1.29, 1.82) is 0 Å². The summed E-state index contributed by atoms with van der Waals surface area (Å²) in [6.07, 6.45) is 0. The van der Waals surface area contributed by atoms with Crippen LogP contribution in [-0.2, 0) is 0 Å². The van der Waals surface area contributed by atoms with Gasteiger partial charge in [0.25, 0.3) is 0 Å². The Hall–Kier alpha value is -3.72. The number of phenols is 1. The minimum absolute atomic E-state index is 0.220. The number of hydrogen-bond acceptors (Lipinski definition) is 3. The third-order valence-electron chi connectivity index (χ3n) is 4.37. The summed E-state index contributed by atoms with van der Waals surface area (Å²) in [5.74, 6) is 3.28. The van der Waals surface area contributed by atoms with Crippen LogP contribution in [0.25, 0.3) is 11.1 Å². The van der Waals surface area contributed by atoms with Crippen molar-refractivity contribution in [1.82, 2.24) is 0 Å². The largest absolute Gasteiger partial charge is 0.508 e. The fraction of sp³-hybridized carbons (Fsp3) is 0.0400. The molecule has 0 aliphatic heterocycles. The number of rotatable bonds is 5. The summed E-state index contributed by atoms with van der Waals surface area (Å²) in [6, 6.07) is 30.6. The van der Waals surface area contributed by atoms with Gasteiger partial charge in [-0.2, -0.15) is 0 Å². The Kier molecular flexibility index (Phi) is 4.98. The summed E-state index contributed by atoms with van der Waals surface area (Å²) in [5, 5.41) is 9.33. The zero-order valence-corrected chi connectivity index (χ0v) is 15.5. The van der Waals surface area contributed by atoms with Crippen molar-refractivity contribution in [3.8, 4) is 39.9 Å². The monoisotopic (exact) mass is 368 g/mol. The molecule has 0 fully saturated rings. The smallest absolute Gasteiger partial charge is 0.127 e. The second-order valence-corrected chi connectivity index (χ2v) is 6.56. The van der Waals surface area contributed by atoms with Crippen LogP contribution in [0.3, 0.4) is 0 Å². The van der Waals surface area contributed by atoms with Crippen LogP contribution in [0.1, 0.15) is 5.56 Å². The summed E-state index contributed by atoms with van der Waals surface area (Å²) in [5.41, 5.74) is 3.41. The fourth-order valence-electron chi connectivity index (χ4n) is 2.82. The van der Waals surface area contributed by atoms with Gasteiger partial charge >= 0.3 is 0 Å². The normalized spacial score (nSPS) is 10.5. The summed E-state index contributed by atoms with van der Waals surface area (Å²) in [7, 11) is 0. The quantitative estimate of drug-likeness (QED) is 0.414. The number of hydrogen-bond donors (Lipinski definition) is 1. The second kappa shape index (κ2) is 7.89. The van der Waals surface area contributed by atoms with Crippen LogP contribution in [0.15, 0.2) is 97.1 Å². The highest BCUT2D eigenvalue weighted by atomic mass is 16.5. The van der Waals surface area contributed by atoms with E-state index < -0.39 is 0 Å². The van der Waals surface area contributed by atoms with Gasteiger partial charge in [0.2, 0.25) is 0 Å². The Morgan fingerprint density at radius 1 is 0.464 bits per heavy atom. The number of ether oxygens (including phenoxy) is 2. The second-order valence-electron chi connectivity index (χ2n) is 6.56. The van der Waals surface area contributed by atoms with Crippen LogP contribution in [0.4, 0.5) is 0 Å². The first kappa shape index (κ1) is 17.7. The lowest BCUT2D eigenvalue weighted by molar-refractivity contribution is 0.464. The molecule has 0 bridgehead atoms. The molecule has 28 heavy (non-hydrogen) atoms. The summed E-state index contributed by atoms with van der Waals surface area (Å²) in [4.78, 5) is 0. The molecule has 0 atom stereocenters. The SMILES string of the molecule is Cc1ccc(Oc2ccc(-c3ccc(Oc4ccc(O)cc4)cc3)cc2)cc1. The van der Waals surface area contributed by atoms with Crippen molar-refractivity contribution in [2.24, 2.45) is 0 Å². The van der Waals surface area contributed by atoms with E-state index in [4.69, 9.17) is 9.47 Å². The zero-order chi connectivity index (χ0) is 19.3. The predicted octanol–water partition coefficient (Wildman–Crippen LogP) is 6.95. The standard InChI is InChI=1S/C25H20O3/c1-18-2-10-22(11-3-18)27-23-12-4-19(5-13-23)20-6-14-24(15-7-20)28-25-16-8-21(26)9-17-25/h2-17,26H,1H3. The molecule has 0 amide bonds. The lowest BCUT2D eigenvalue weighted by Crippen LogP contribution is -1.86. The molecule has 0 heterocycles. The molecular weight excluding hydrogens is 348 g/mol. The molecule has 0 spiro atoms. The molecule has 0 aromatic heterocycles. The number of aryl methyl sites for hydroxylation is 1. The average Bonchev–Trinajstić information content (AvgIpc) is 2.73. The van der Waals surface area contributed by atoms with E-state index in [2.05, 4.69) is 6.92 Å². The van der Waals surface area contributed by atoms with Crippen LogP contribution >= 0.6 is 0 Å². The maximum atomic E-state index is 9.33. The fourth-order valence-corrected chi connectivity index (χ4v) is 2.82. The van der Waals surface area contributed by atoms with Crippen LogP contribution in [-0.4, -0.2) is 5.11 Å². The molecule has 3 nitrogen and oxygen atoms in total. The minimum Gasteiger partial charge on any atom is -0.508 e. The minimum atomic E-state index is 0.220. The topological polar surface area (TPSA) is 38.7 Å². The van der Waals surface area contributed by atoms with Gasteiger partial charge in [0.15, 0.2) is 0 Å². The van der Waals surface area contributed by atoms with E-state index in [-0.39, 0.29) is 5.75 Å². The lowest BCUT2D eigenvalue weighted by atomic mass is 10.1. The molecule has 3 heteroatoms. The molecule has 1 N–H and O–H groups in total. The molecule has 0 aliphatic rings. The van der Waals surface area contributed by atoms with Gasteiger partial charge in [-0.15, -0.1) is 0 Å². The van der Waals surface area contributed by atoms with Crippen LogP contribution in [0, 0.1) is 6.92 Å². The van der Waals surface area contributed by atoms with Gasteiger partial charge in [-0.1, -0.05) is 42.0 Å². The van der Waals surface area contributed by atoms with Crippen molar-refractivity contribution >= 4 is 0 Å². The molecular formula is C25H20O3. The van der Waals surface area contributed by atoms with Crippen molar-refractivity contribution in [3.63, 3.8) is 0 Å². The van der Waals surface area contributed by atoms with E-state index in [0.29, 0.717) is 5.75 Å². The van der Waals surface area contributed by atoms with Crippen LogP contribution in [0.2, 0.25) is 0 Å². The van der Waals surface area contributed by atoms with Gasteiger partial charge < -0.3 is 14.6 Å². The van der Waals surface area contributed by atoms with Crippen LogP contribution in [0.5, 0.6) is 28.7 Å². The van der Waals surface area contributed by atoms with E-state index in [0.717, 1.165) is 28.4 Å². The van der Waals surface area contributed by atoms with Gasteiger partial charge in [0.05, 0.1) is 0 Å². The molecule has 0 unspecified atom stereocenters. The van der Waals surface area contributed by atoms with Crippen molar-refractivity contribution < 1.29 is 14.6 Å². The van der Waals surface area contributed by atoms with E-state index >= 15 is 0 Å². The Morgan fingerprint density at radius 3 is 1.18 bits per heavy atom. The van der Waals surface area contributed by atoms with Gasteiger partial charge in [-0.3, -0.25) is 0 Å². The highest BCUT2D eigenvalue weighted by molar-refractivity contribution is 5.65. The van der Waals surface area contributed by atoms with E-state index in [1.807, 2.05) is 72.8 Å². The van der Waals surface area contributed by atoms with Crippen molar-refractivity contribution in [3.05, 3.63) is 103 Å². The van der Waals surface area contributed by atoms with E-state index in [9.17, 15) is 5.11 Å². The first-order chi connectivity index (χ1) is 13.7. The molecule has 4 rings (SSSR count). The van der Waals surface area contributed by atoms with Crippen molar-refractivity contribution in [2.45, 2.75) is 6.92 Å². The first-order valence-corrected chi connectivity index (χ1v) is 9.08. The molecule has 0 saturated carbocycles. The molecule has 0 aliphatic carbocycles. The van der Waals surface area contributed by atoms with Gasteiger partial charge in [-0.05, 0) is 78.7 Å². The van der Waals surface area contributed by atoms with Gasteiger partial charge in [-0.25, -0.2) is 0 Å². The first-order valence-electron chi connectivity index (χ1n) is 9.08. The molecule has 0 saturated heterocycles. The number of benzene rings is 4.